The second-order valence-corrected chi connectivity index (χ2v) is 5.06. The molecule has 1 amide bonds. The van der Waals surface area contributed by atoms with Crippen LogP contribution in [0.3, 0.4) is 0 Å². The SMILES string of the molecule is C/C=C/C(=O)NC(C)c1cc(C)sc1C. The number of hydrogen-bond acceptors (Lipinski definition) is 2. The lowest BCUT2D eigenvalue weighted by atomic mass is 10.1. The average Bonchev–Trinajstić information content (AvgIpc) is 2.45. The fraction of sp³-hybridized carbons (Fsp3) is 0.417. The molecule has 0 bridgehead atoms. The number of hydrogen-bond donors (Lipinski definition) is 1. The molecule has 0 aliphatic heterocycles. The lowest BCUT2D eigenvalue weighted by Gasteiger charge is -2.12. The number of rotatable bonds is 3. The van der Waals surface area contributed by atoms with E-state index < -0.39 is 0 Å². The summed E-state index contributed by atoms with van der Waals surface area (Å²) in [6.45, 7) is 8.02. The molecule has 1 rings (SSSR count). The highest BCUT2D eigenvalue weighted by Gasteiger charge is 2.12. The van der Waals surface area contributed by atoms with Gasteiger partial charge in [-0.15, -0.1) is 11.3 Å². The summed E-state index contributed by atoms with van der Waals surface area (Å²) in [5, 5.41) is 2.93. The van der Waals surface area contributed by atoms with E-state index in [0.29, 0.717) is 0 Å². The van der Waals surface area contributed by atoms with Crippen LogP contribution in [0.1, 0.15) is 35.2 Å². The summed E-state index contributed by atoms with van der Waals surface area (Å²) in [6.07, 6.45) is 3.29. The number of nitrogens with one attached hydrogen (secondary N) is 1. The molecule has 0 spiro atoms. The highest BCUT2D eigenvalue weighted by Crippen LogP contribution is 2.25. The molecule has 3 heteroatoms. The molecule has 0 saturated heterocycles. The normalized spacial score (nSPS) is 13.1. The standard InChI is InChI=1S/C12H17NOS/c1-5-6-12(14)13-9(3)11-7-8(2)15-10(11)4/h5-7,9H,1-4H3,(H,13,14)/b6-5+. The van der Waals surface area contributed by atoms with Crippen molar-refractivity contribution < 1.29 is 4.79 Å². The summed E-state index contributed by atoms with van der Waals surface area (Å²) < 4.78 is 0. The van der Waals surface area contributed by atoms with Crippen LogP contribution in [-0.2, 0) is 4.79 Å². The van der Waals surface area contributed by atoms with Crippen LogP contribution in [0.5, 0.6) is 0 Å². The van der Waals surface area contributed by atoms with E-state index in [-0.39, 0.29) is 11.9 Å². The molecule has 1 N–H and O–H groups in total. The summed E-state index contributed by atoms with van der Waals surface area (Å²) in [6, 6.07) is 2.22. The predicted octanol–water partition coefficient (Wildman–Crippen LogP) is 3.12. The van der Waals surface area contributed by atoms with Crippen molar-refractivity contribution >= 4 is 17.2 Å². The van der Waals surface area contributed by atoms with Gasteiger partial charge in [-0.05, 0) is 45.4 Å². The first-order valence-corrected chi connectivity index (χ1v) is 5.86. The first-order valence-electron chi connectivity index (χ1n) is 5.04. The van der Waals surface area contributed by atoms with Crippen molar-refractivity contribution in [2.24, 2.45) is 0 Å². The van der Waals surface area contributed by atoms with Gasteiger partial charge in [0.05, 0.1) is 6.04 Å². The fourth-order valence-electron chi connectivity index (χ4n) is 1.57. The quantitative estimate of drug-likeness (QED) is 0.784. The van der Waals surface area contributed by atoms with Crippen LogP contribution in [0.2, 0.25) is 0 Å². The van der Waals surface area contributed by atoms with Crippen LogP contribution in [-0.4, -0.2) is 5.91 Å². The molecule has 2 nitrogen and oxygen atoms in total. The van der Waals surface area contributed by atoms with E-state index in [1.807, 2.05) is 13.8 Å². The van der Waals surface area contributed by atoms with Gasteiger partial charge in [-0.2, -0.15) is 0 Å². The molecule has 0 fully saturated rings. The van der Waals surface area contributed by atoms with Crippen molar-refractivity contribution in [3.8, 4) is 0 Å². The number of aryl methyl sites for hydroxylation is 2. The molecule has 0 aliphatic rings. The van der Waals surface area contributed by atoms with E-state index in [1.54, 1.807) is 23.5 Å². The van der Waals surface area contributed by atoms with Crippen LogP contribution in [0, 0.1) is 13.8 Å². The van der Waals surface area contributed by atoms with Gasteiger partial charge in [0.2, 0.25) is 5.91 Å². The van der Waals surface area contributed by atoms with Crippen molar-refractivity contribution in [2.75, 3.05) is 0 Å². The Morgan fingerprint density at radius 1 is 1.53 bits per heavy atom. The summed E-state index contributed by atoms with van der Waals surface area (Å²) in [5.74, 6) is -0.0340. The lowest BCUT2D eigenvalue weighted by molar-refractivity contribution is -0.117. The second kappa shape index (κ2) is 5.12. The van der Waals surface area contributed by atoms with Crippen molar-refractivity contribution in [2.45, 2.75) is 33.7 Å². The summed E-state index contributed by atoms with van der Waals surface area (Å²) >= 11 is 1.77. The molecule has 1 aromatic heterocycles. The lowest BCUT2D eigenvalue weighted by Crippen LogP contribution is -2.24. The van der Waals surface area contributed by atoms with Gasteiger partial charge >= 0.3 is 0 Å². The smallest absolute Gasteiger partial charge is 0.244 e. The first kappa shape index (κ1) is 12.0. The maximum atomic E-state index is 11.4. The van der Waals surface area contributed by atoms with Gasteiger partial charge in [0, 0.05) is 9.75 Å². The van der Waals surface area contributed by atoms with Gasteiger partial charge in [-0.25, -0.2) is 0 Å². The Kier molecular flexibility index (Phi) is 4.09. The van der Waals surface area contributed by atoms with Gasteiger partial charge < -0.3 is 5.32 Å². The molecule has 1 unspecified atom stereocenters. The van der Waals surface area contributed by atoms with Gasteiger partial charge in [-0.3, -0.25) is 4.79 Å². The minimum atomic E-state index is -0.0340. The Bertz CT molecular complexity index is 379. The van der Waals surface area contributed by atoms with E-state index in [4.69, 9.17) is 0 Å². The summed E-state index contributed by atoms with van der Waals surface area (Å²) in [4.78, 5) is 13.9. The molecule has 0 radical (unpaired) electrons. The number of amides is 1. The molecular formula is C12H17NOS. The largest absolute Gasteiger partial charge is 0.346 e. The Morgan fingerprint density at radius 2 is 2.20 bits per heavy atom. The Morgan fingerprint density at radius 3 is 2.67 bits per heavy atom. The van der Waals surface area contributed by atoms with Crippen LogP contribution in [0.4, 0.5) is 0 Å². The third kappa shape index (κ3) is 3.20. The van der Waals surface area contributed by atoms with E-state index in [1.165, 1.54) is 15.3 Å². The average molecular weight is 223 g/mol. The molecule has 0 saturated carbocycles. The molecule has 82 valence electrons. The topological polar surface area (TPSA) is 29.1 Å². The van der Waals surface area contributed by atoms with Crippen LogP contribution < -0.4 is 5.32 Å². The number of thiophene rings is 1. The van der Waals surface area contributed by atoms with Crippen molar-refractivity contribution in [3.05, 3.63) is 33.5 Å². The van der Waals surface area contributed by atoms with Crippen LogP contribution in [0.25, 0.3) is 0 Å². The van der Waals surface area contributed by atoms with Crippen molar-refractivity contribution in [1.82, 2.24) is 5.32 Å². The van der Waals surface area contributed by atoms with Crippen LogP contribution in [0.15, 0.2) is 18.2 Å². The first-order chi connectivity index (χ1) is 7.04. The second-order valence-electron chi connectivity index (χ2n) is 3.60. The third-order valence-corrected chi connectivity index (χ3v) is 3.20. The highest BCUT2D eigenvalue weighted by atomic mass is 32.1. The van der Waals surface area contributed by atoms with E-state index in [0.717, 1.165) is 0 Å². The van der Waals surface area contributed by atoms with Gasteiger partial charge in [-0.1, -0.05) is 6.08 Å². The minimum Gasteiger partial charge on any atom is -0.346 e. The van der Waals surface area contributed by atoms with Crippen LogP contribution >= 0.6 is 11.3 Å². The third-order valence-electron chi connectivity index (χ3n) is 2.22. The number of carbonyl (C=O) groups is 1. The Labute approximate surface area is 95.0 Å². The molecule has 1 heterocycles. The van der Waals surface area contributed by atoms with Gasteiger partial charge in [0.25, 0.3) is 0 Å². The maximum Gasteiger partial charge on any atom is 0.244 e. The predicted molar refractivity (Wildman–Crippen MR) is 65.2 cm³/mol. The van der Waals surface area contributed by atoms with Crippen molar-refractivity contribution in [1.29, 1.82) is 0 Å². The van der Waals surface area contributed by atoms with E-state index in [2.05, 4.69) is 25.2 Å². The monoisotopic (exact) mass is 223 g/mol. The van der Waals surface area contributed by atoms with E-state index in [9.17, 15) is 4.79 Å². The minimum absolute atomic E-state index is 0.0340. The summed E-state index contributed by atoms with van der Waals surface area (Å²) in [5.41, 5.74) is 1.22. The molecule has 15 heavy (non-hydrogen) atoms. The zero-order valence-corrected chi connectivity index (χ0v) is 10.4. The molecule has 0 aliphatic carbocycles. The number of carbonyl (C=O) groups excluding carboxylic acids is 1. The zero-order valence-electron chi connectivity index (χ0n) is 9.63. The molecular weight excluding hydrogens is 206 g/mol. The molecule has 1 atom stereocenters. The van der Waals surface area contributed by atoms with E-state index >= 15 is 0 Å². The van der Waals surface area contributed by atoms with Gasteiger partial charge in [0.15, 0.2) is 0 Å². The maximum absolute atomic E-state index is 11.4. The van der Waals surface area contributed by atoms with Crippen molar-refractivity contribution in [3.63, 3.8) is 0 Å². The van der Waals surface area contributed by atoms with Gasteiger partial charge in [0.1, 0.15) is 0 Å². The molecule has 0 aromatic carbocycles. The summed E-state index contributed by atoms with van der Waals surface area (Å²) in [7, 11) is 0. The fourth-order valence-corrected chi connectivity index (χ4v) is 2.59. The Balaban J connectivity index is 2.72. The Hall–Kier alpha value is -1.09. The zero-order chi connectivity index (χ0) is 11.4. The highest BCUT2D eigenvalue weighted by molar-refractivity contribution is 7.12. The number of allylic oxidation sites excluding steroid dienone is 1. The molecule has 1 aromatic rings.